The third-order valence-corrected chi connectivity index (χ3v) is 12.8. The number of likely N-dealkylation sites (tertiary alicyclic amines) is 1. The molecule has 0 saturated carbocycles. The molecule has 3 heterocycles. The van der Waals surface area contributed by atoms with Gasteiger partial charge in [0.15, 0.2) is 5.82 Å². The van der Waals surface area contributed by atoms with Gasteiger partial charge in [0.1, 0.15) is 17.9 Å². The molecule has 6 aromatic rings. The largest absolute Gasteiger partial charge is 0.391 e. The molecule has 1 aliphatic heterocycles. The summed E-state index contributed by atoms with van der Waals surface area (Å²) >= 11 is 1.56. The number of carbonyl (C=O) groups is 5. The smallest absolute Gasteiger partial charge is 0.323 e. The second-order valence-corrected chi connectivity index (χ2v) is 18.9. The van der Waals surface area contributed by atoms with E-state index in [4.69, 9.17) is 5.73 Å². The summed E-state index contributed by atoms with van der Waals surface area (Å²) in [5.41, 5.74) is 13.8. The molecule has 3 atom stereocenters. The lowest BCUT2D eigenvalue weighted by Crippen LogP contribution is -2.57. The summed E-state index contributed by atoms with van der Waals surface area (Å²) in [5.74, 6) is -1.77. The number of rotatable bonds is 15. The van der Waals surface area contributed by atoms with Crippen LogP contribution in [0.5, 0.6) is 0 Å². The van der Waals surface area contributed by atoms with Gasteiger partial charge in [-0.1, -0.05) is 81.8 Å². The molecule has 1 fully saturated rings. The van der Waals surface area contributed by atoms with Gasteiger partial charge >= 0.3 is 6.03 Å². The standard InChI is InChI=1S/C50H56FN9O6S/c1-29-14-23-37(51)38(24-29)56-49(66)55-34-21-19-32(20-22-34)36-10-9-11-39-43(36)46(52)58-60(39)42(63)13-8-6-7-12-41(62)57-45(50(3,4)5)48(65)59-27-35(61)25-40(59)47(64)53-26-31-15-17-33(18-16-31)44-30(2)54-28-67-44/h9-11,14-24,28,35,40,45,61H,6-8,12-13,25-27H2,1-5H3,(H2,52,58)(H,53,64)(H,57,62)(H2,55,56,66)/t35-,40+,45-/m1/s1. The summed E-state index contributed by atoms with van der Waals surface area (Å²) in [6.07, 6.45) is 0.964. The van der Waals surface area contributed by atoms with Crippen LogP contribution in [0.2, 0.25) is 0 Å². The quantitative estimate of drug-likeness (QED) is 0.0547. The van der Waals surface area contributed by atoms with Crippen molar-refractivity contribution in [1.29, 1.82) is 0 Å². The van der Waals surface area contributed by atoms with E-state index in [1.54, 1.807) is 72.3 Å². The third kappa shape index (κ3) is 11.5. The van der Waals surface area contributed by atoms with Gasteiger partial charge in [-0.3, -0.25) is 19.2 Å². The Kier molecular flexibility index (Phi) is 14.8. The number of halogens is 1. The summed E-state index contributed by atoms with van der Waals surface area (Å²) in [4.78, 5) is 73.7. The van der Waals surface area contributed by atoms with E-state index < -0.39 is 41.4 Å². The maximum absolute atomic E-state index is 14.2. The summed E-state index contributed by atoms with van der Waals surface area (Å²) in [7, 11) is 0. The Bertz CT molecular complexity index is 2780. The van der Waals surface area contributed by atoms with Crippen LogP contribution in [0.25, 0.3) is 32.5 Å². The first-order valence-electron chi connectivity index (χ1n) is 22.3. The molecule has 15 nitrogen and oxygen atoms in total. The van der Waals surface area contributed by atoms with Crippen LogP contribution >= 0.6 is 11.3 Å². The summed E-state index contributed by atoms with van der Waals surface area (Å²) in [5, 5.41) is 26.6. The van der Waals surface area contributed by atoms with Gasteiger partial charge in [0, 0.05) is 38.0 Å². The average molecular weight is 930 g/mol. The Morgan fingerprint density at radius 2 is 1.63 bits per heavy atom. The Balaban J connectivity index is 0.890. The highest BCUT2D eigenvalue weighted by Gasteiger charge is 2.44. The Hall–Kier alpha value is -6.98. The molecule has 7 N–H and O–H groups in total. The van der Waals surface area contributed by atoms with Crippen molar-refractivity contribution in [3.8, 4) is 21.6 Å². The minimum atomic E-state index is -0.953. The van der Waals surface area contributed by atoms with E-state index in [2.05, 4.69) is 31.3 Å². The van der Waals surface area contributed by atoms with Crippen molar-refractivity contribution in [2.24, 2.45) is 5.41 Å². The summed E-state index contributed by atoms with van der Waals surface area (Å²) < 4.78 is 15.5. The first-order valence-corrected chi connectivity index (χ1v) is 23.1. The van der Waals surface area contributed by atoms with Crippen LogP contribution in [0, 0.1) is 25.1 Å². The normalized spacial score (nSPS) is 15.3. The van der Waals surface area contributed by atoms with Gasteiger partial charge < -0.3 is 37.0 Å². The van der Waals surface area contributed by atoms with E-state index in [0.29, 0.717) is 35.9 Å². The molecule has 17 heteroatoms. The second-order valence-electron chi connectivity index (χ2n) is 18.0. The molecule has 0 unspecified atom stereocenters. The number of anilines is 3. The van der Waals surface area contributed by atoms with Gasteiger partial charge in [-0.15, -0.1) is 16.4 Å². The zero-order valence-corrected chi connectivity index (χ0v) is 39.0. The summed E-state index contributed by atoms with van der Waals surface area (Å²) in [6, 6.07) is 22.3. The highest BCUT2D eigenvalue weighted by atomic mass is 32.1. The number of aromatic nitrogens is 3. The second kappa shape index (κ2) is 20.7. The molecule has 0 radical (unpaired) electrons. The first kappa shape index (κ1) is 48.0. The van der Waals surface area contributed by atoms with Crippen LogP contribution in [0.1, 0.15) is 80.9 Å². The van der Waals surface area contributed by atoms with E-state index in [1.165, 1.54) is 15.6 Å². The predicted octanol–water partition coefficient (Wildman–Crippen LogP) is 8.21. The zero-order chi connectivity index (χ0) is 48.0. The maximum Gasteiger partial charge on any atom is 0.323 e. The number of aliphatic hydroxyl groups is 1. The highest BCUT2D eigenvalue weighted by Crippen LogP contribution is 2.34. The van der Waals surface area contributed by atoms with Crippen molar-refractivity contribution in [2.75, 3.05) is 22.9 Å². The van der Waals surface area contributed by atoms with Gasteiger partial charge in [0.05, 0.1) is 38.8 Å². The van der Waals surface area contributed by atoms with Crippen LogP contribution in [-0.4, -0.2) is 79.2 Å². The number of thiazole rings is 1. The van der Waals surface area contributed by atoms with Crippen molar-refractivity contribution < 1.29 is 33.5 Å². The van der Waals surface area contributed by atoms with Gasteiger partial charge in [-0.25, -0.2) is 14.2 Å². The van der Waals surface area contributed by atoms with Crippen LogP contribution in [-0.2, 0) is 20.9 Å². The predicted molar refractivity (Wildman–Crippen MR) is 259 cm³/mol. The monoisotopic (exact) mass is 929 g/mol. The molecule has 5 amide bonds. The van der Waals surface area contributed by atoms with Gasteiger partial charge in [-0.05, 0) is 90.3 Å². The number of fused-ring (bicyclic) bond motifs is 1. The number of nitrogens with two attached hydrogens (primary N) is 1. The number of unbranched alkanes of at least 4 members (excludes halogenated alkanes) is 2. The van der Waals surface area contributed by atoms with E-state index >= 15 is 0 Å². The summed E-state index contributed by atoms with van der Waals surface area (Å²) in [6.45, 7) is 9.49. The van der Waals surface area contributed by atoms with Crippen molar-refractivity contribution >= 4 is 69.1 Å². The Labute approximate surface area is 392 Å². The molecule has 4 aromatic carbocycles. The number of nitrogen functional groups attached to an aromatic ring is 1. The lowest BCUT2D eigenvalue weighted by atomic mass is 9.85. The van der Waals surface area contributed by atoms with E-state index in [0.717, 1.165) is 38.4 Å². The third-order valence-electron chi connectivity index (χ3n) is 11.8. The average Bonchev–Trinajstić information content (AvgIpc) is 4.01. The molecule has 0 aliphatic carbocycles. The van der Waals surface area contributed by atoms with E-state index in [9.17, 15) is 33.5 Å². The lowest BCUT2D eigenvalue weighted by molar-refractivity contribution is -0.144. The number of nitrogens with one attached hydrogen (secondary N) is 4. The topological polar surface area (TPSA) is 214 Å². The molecule has 1 saturated heterocycles. The Morgan fingerprint density at radius 1 is 0.910 bits per heavy atom. The number of β-amino-alcohol motifs (C(OH)–C–C–N with tert-alkyl or cyclic N) is 1. The van der Waals surface area contributed by atoms with Crippen molar-refractivity contribution in [3.05, 3.63) is 113 Å². The molecule has 0 spiro atoms. The Morgan fingerprint density at radius 3 is 2.33 bits per heavy atom. The first-order chi connectivity index (χ1) is 32.0. The van der Waals surface area contributed by atoms with Crippen molar-refractivity contribution in [1.82, 2.24) is 30.3 Å². The van der Waals surface area contributed by atoms with Crippen LogP contribution < -0.4 is 27.0 Å². The lowest BCUT2D eigenvalue weighted by Gasteiger charge is -2.35. The number of amides is 5. The van der Waals surface area contributed by atoms with Gasteiger partial charge in [-0.2, -0.15) is 4.68 Å². The van der Waals surface area contributed by atoms with E-state index in [-0.39, 0.29) is 61.6 Å². The van der Waals surface area contributed by atoms with Crippen molar-refractivity contribution in [3.63, 3.8) is 0 Å². The number of aryl methyl sites for hydroxylation is 2. The molecule has 1 aliphatic rings. The molecule has 350 valence electrons. The molecular weight excluding hydrogens is 874 g/mol. The van der Waals surface area contributed by atoms with Crippen LogP contribution in [0.15, 0.2) is 90.4 Å². The number of aliphatic hydroxyl groups excluding tert-OH is 1. The number of urea groups is 1. The minimum absolute atomic E-state index is 0.0264. The van der Waals surface area contributed by atoms with E-state index in [1.807, 2.05) is 58.0 Å². The minimum Gasteiger partial charge on any atom is -0.391 e. The number of benzene rings is 4. The molecule has 67 heavy (non-hydrogen) atoms. The molecule has 7 rings (SSSR count). The molecular formula is C50H56FN9O6S. The SMILES string of the molecule is Cc1ccc(F)c(NC(=O)Nc2ccc(-c3cccc4c3c(N)nn4C(=O)CCCCCC(=O)N[C@H](C(=O)N3C[C@H](O)C[C@H]3C(=O)NCc3ccc(-c4scnc4C)cc3)C(C)(C)C)cc2)c1. The molecule has 2 aromatic heterocycles. The number of hydrogen-bond acceptors (Lipinski definition) is 10. The van der Waals surface area contributed by atoms with Crippen molar-refractivity contribution in [2.45, 2.75) is 97.9 Å². The fourth-order valence-electron chi connectivity index (χ4n) is 8.24. The van der Waals surface area contributed by atoms with Gasteiger partial charge in [0.2, 0.25) is 23.6 Å². The highest BCUT2D eigenvalue weighted by molar-refractivity contribution is 7.13. The number of nitrogens with zero attached hydrogens (tertiary/aromatic N) is 4. The molecule has 0 bridgehead atoms. The van der Waals surface area contributed by atoms with Gasteiger partial charge in [0.25, 0.3) is 0 Å². The maximum atomic E-state index is 14.2. The van der Waals surface area contributed by atoms with Crippen LogP contribution in [0.3, 0.4) is 0 Å². The zero-order valence-electron chi connectivity index (χ0n) is 38.2. The number of hydrogen-bond donors (Lipinski definition) is 6. The fraction of sp³-hybridized carbons (Fsp3) is 0.340. The van der Waals surface area contributed by atoms with Crippen LogP contribution in [0.4, 0.5) is 26.4 Å². The number of carbonyl (C=O) groups excluding carboxylic acids is 5. The fourth-order valence-corrected chi connectivity index (χ4v) is 9.05.